The quantitative estimate of drug-likeness (QED) is 0.148. The number of amides is 2. The van der Waals surface area contributed by atoms with E-state index in [-0.39, 0.29) is 49.3 Å². The van der Waals surface area contributed by atoms with Crippen LogP contribution in [0.15, 0.2) is 42.6 Å². The molecule has 2 aromatic heterocycles. The van der Waals surface area contributed by atoms with Crippen LogP contribution in [0.25, 0.3) is 10.9 Å². The highest BCUT2D eigenvalue weighted by molar-refractivity contribution is 5.92. The lowest BCUT2D eigenvalue weighted by molar-refractivity contribution is -0.149. The number of carbonyl (C=O) groups is 3. The molecule has 5 rings (SSSR count). The highest BCUT2D eigenvalue weighted by atomic mass is 16.5. The number of esters is 1. The fourth-order valence-electron chi connectivity index (χ4n) is 7.12. The summed E-state index contributed by atoms with van der Waals surface area (Å²) in [6.07, 6.45) is 3.59. The van der Waals surface area contributed by atoms with Gasteiger partial charge in [0.1, 0.15) is 17.8 Å². The van der Waals surface area contributed by atoms with Crippen LogP contribution in [-0.2, 0) is 58.3 Å². The molecule has 0 spiro atoms. The summed E-state index contributed by atoms with van der Waals surface area (Å²) >= 11 is 0. The molecular formula is C41H58N8O6. The zero-order valence-electron chi connectivity index (χ0n) is 33.8. The van der Waals surface area contributed by atoms with Crippen LogP contribution in [0.2, 0.25) is 0 Å². The highest BCUT2D eigenvalue weighted by Gasteiger charge is 2.41. The summed E-state index contributed by atoms with van der Waals surface area (Å²) in [7, 11) is 5.24. The Morgan fingerprint density at radius 2 is 1.82 bits per heavy atom. The molecule has 0 saturated heterocycles. The van der Waals surface area contributed by atoms with Gasteiger partial charge in [0, 0.05) is 55.2 Å². The second-order valence-electron chi connectivity index (χ2n) is 15.4. The molecule has 1 aliphatic rings. The number of fused-ring (bicyclic) bond motifs is 3. The molecule has 2 amide bonds. The van der Waals surface area contributed by atoms with Crippen LogP contribution in [0.4, 0.5) is 0 Å². The van der Waals surface area contributed by atoms with Gasteiger partial charge < -0.3 is 39.6 Å². The Balaban J connectivity index is 1.18. The summed E-state index contributed by atoms with van der Waals surface area (Å²) in [5, 5.41) is 12.7. The van der Waals surface area contributed by atoms with Crippen LogP contribution in [0.5, 0.6) is 11.5 Å². The lowest BCUT2D eigenvalue weighted by atomic mass is 9.94. The third kappa shape index (κ3) is 9.48. The normalized spacial score (nSPS) is 14.9. The van der Waals surface area contributed by atoms with Gasteiger partial charge >= 0.3 is 5.97 Å². The third-order valence-corrected chi connectivity index (χ3v) is 10.8. The van der Waals surface area contributed by atoms with E-state index in [1.165, 1.54) is 27.1 Å². The summed E-state index contributed by atoms with van der Waals surface area (Å²) in [6.45, 7) is 14.1. The van der Waals surface area contributed by atoms with Crippen LogP contribution in [0.3, 0.4) is 0 Å². The predicted octanol–water partition coefficient (Wildman–Crippen LogP) is 4.37. The van der Waals surface area contributed by atoms with Crippen LogP contribution < -0.4 is 20.5 Å². The van der Waals surface area contributed by atoms with Crippen molar-refractivity contribution < 1.29 is 28.6 Å². The summed E-state index contributed by atoms with van der Waals surface area (Å²) in [4.78, 5) is 44.6. The molecule has 0 aliphatic carbocycles. The minimum atomic E-state index is -1.27. The first-order valence-corrected chi connectivity index (χ1v) is 19.1. The zero-order chi connectivity index (χ0) is 40.0. The number of nitrogens with two attached hydrogens (primary N) is 1. The minimum absolute atomic E-state index is 0.00914. The van der Waals surface area contributed by atoms with E-state index < -0.39 is 11.6 Å². The minimum Gasteiger partial charge on any atom is -0.493 e. The van der Waals surface area contributed by atoms with Crippen molar-refractivity contribution in [2.24, 2.45) is 11.7 Å². The van der Waals surface area contributed by atoms with E-state index in [2.05, 4.69) is 57.3 Å². The number of ether oxygens (including phenoxy) is 3. The number of aryl methyl sites for hydroxylation is 2. The van der Waals surface area contributed by atoms with E-state index in [1.54, 1.807) is 51.1 Å². The number of benzene rings is 2. The summed E-state index contributed by atoms with van der Waals surface area (Å²) in [5.74, 6) is 0.00598. The average molecular weight is 759 g/mol. The van der Waals surface area contributed by atoms with Crippen molar-refractivity contribution in [1.29, 1.82) is 0 Å². The largest absolute Gasteiger partial charge is 0.493 e. The maximum atomic E-state index is 13.9. The molecule has 0 unspecified atom stereocenters. The number of hydrogen-bond donors (Lipinski definition) is 2. The number of carbonyl (C=O) groups excluding carboxylic acids is 3. The Hall–Kier alpha value is -4.95. The van der Waals surface area contributed by atoms with Crippen molar-refractivity contribution in [3.63, 3.8) is 0 Å². The molecule has 3 heterocycles. The molecule has 0 saturated carbocycles. The third-order valence-electron chi connectivity index (χ3n) is 10.8. The molecular weight excluding hydrogens is 701 g/mol. The van der Waals surface area contributed by atoms with Crippen LogP contribution in [0, 0.1) is 12.8 Å². The molecule has 2 aromatic carbocycles. The molecule has 55 heavy (non-hydrogen) atoms. The maximum absolute atomic E-state index is 13.9. The molecule has 0 bridgehead atoms. The maximum Gasteiger partial charge on any atom is 0.307 e. The van der Waals surface area contributed by atoms with Gasteiger partial charge in [-0.15, -0.1) is 5.10 Å². The van der Waals surface area contributed by atoms with Crippen molar-refractivity contribution in [3.05, 3.63) is 70.7 Å². The second-order valence-corrected chi connectivity index (χ2v) is 15.4. The van der Waals surface area contributed by atoms with Gasteiger partial charge in [0.05, 0.1) is 39.4 Å². The van der Waals surface area contributed by atoms with Crippen LogP contribution in [0.1, 0.15) is 75.5 Å². The number of nitrogens with zero attached hydrogens (tertiary/aromatic N) is 6. The molecule has 1 aliphatic heterocycles. The van der Waals surface area contributed by atoms with Gasteiger partial charge in [0.15, 0.2) is 11.5 Å². The van der Waals surface area contributed by atoms with Crippen molar-refractivity contribution in [3.8, 4) is 11.5 Å². The fraction of sp³-hybridized carbons (Fsp3) is 0.537. The predicted molar refractivity (Wildman–Crippen MR) is 210 cm³/mol. The Morgan fingerprint density at radius 3 is 2.53 bits per heavy atom. The van der Waals surface area contributed by atoms with Gasteiger partial charge in [-0.3, -0.25) is 19.1 Å². The number of methoxy groups -OCH3 is 2. The van der Waals surface area contributed by atoms with Crippen molar-refractivity contribution >= 4 is 28.7 Å². The van der Waals surface area contributed by atoms with E-state index in [0.29, 0.717) is 36.7 Å². The molecule has 14 heteroatoms. The molecule has 14 nitrogen and oxygen atoms in total. The highest BCUT2D eigenvalue weighted by Crippen LogP contribution is 2.32. The lowest BCUT2D eigenvalue weighted by Crippen LogP contribution is -2.61. The number of aromatic nitrogens is 4. The smallest absolute Gasteiger partial charge is 0.307 e. The summed E-state index contributed by atoms with van der Waals surface area (Å²) in [6, 6.07) is 10.7. The summed E-state index contributed by atoms with van der Waals surface area (Å²) in [5.41, 5.74) is 11.4. The van der Waals surface area contributed by atoms with Gasteiger partial charge in [-0.2, -0.15) is 0 Å². The number of likely N-dealkylation sites (N-methyl/N-ethyl adjacent to an activating group) is 1. The van der Waals surface area contributed by atoms with E-state index in [0.717, 1.165) is 30.6 Å². The van der Waals surface area contributed by atoms with E-state index in [1.807, 2.05) is 26.8 Å². The summed E-state index contributed by atoms with van der Waals surface area (Å²) < 4.78 is 20.3. The standard InChI is InChI=1S/C41H58N8O6/c1-10-27(3)38(42)39(51)49(22-29-12-14-35(53-8)36(20-29)54-9)41(5,6)40(52)43-28(4)21-47-23-30(44-45-47)25-55-37(50)16-18-48-33-13-11-26(2)19-31(33)32-24-46(7)17-15-34(32)48/h11-14,19-20,23,27-28,38H,10,15-18,21-22,24-25,42H2,1-9H3,(H,43,52)/t27-,28+,38-/m0/s1. The van der Waals surface area contributed by atoms with E-state index in [9.17, 15) is 14.4 Å². The first-order chi connectivity index (χ1) is 26.2. The van der Waals surface area contributed by atoms with Gasteiger partial charge in [-0.1, -0.05) is 43.2 Å². The Kier molecular flexibility index (Phi) is 13.2. The number of hydrogen-bond acceptors (Lipinski definition) is 10. The molecule has 298 valence electrons. The monoisotopic (exact) mass is 758 g/mol. The lowest BCUT2D eigenvalue weighted by Gasteiger charge is -2.40. The van der Waals surface area contributed by atoms with E-state index in [4.69, 9.17) is 19.9 Å². The van der Waals surface area contributed by atoms with Gasteiger partial charge in [0.25, 0.3) is 0 Å². The number of nitrogens with one attached hydrogen (secondary N) is 1. The van der Waals surface area contributed by atoms with Crippen LogP contribution in [-0.4, -0.2) is 92.6 Å². The second kappa shape index (κ2) is 17.7. The number of rotatable bonds is 17. The Labute approximate surface area is 324 Å². The van der Waals surface area contributed by atoms with Gasteiger partial charge in [0.2, 0.25) is 11.8 Å². The van der Waals surface area contributed by atoms with Crippen molar-refractivity contribution in [2.45, 2.75) is 111 Å². The van der Waals surface area contributed by atoms with Crippen molar-refractivity contribution in [2.75, 3.05) is 27.8 Å². The zero-order valence-corrected chi connectivity index (χ0v) is 33.8. The first kappa shape index (κ1) is 41.2. The molecule has 3 atom stereocenters. The first-order valence-electron chi connectivity index (χ1n) is 19.1. The average Bonchev–Trinajstić information content (AvgIpc) is 3.74. The Bertz CT molecular complexity index is 1990. The molecule has 0 radical (unpaired) electrons. The molecule has 3 N–H and O–H groups in total. The fourth-order valence-corrected chi connectivity index (χ4v) is 7.12. The van der Waals surface area contributed by atoms with Gasteiger partial charge in [-0.25, -0.2) is 0 Å². The van der Waals surface area contributed by atoms with Crippen molar-refractivity contribution in [1.82, 2.24) is 34.7 Å². The SMILES string of the molecule is CC[C@H](C)[C@H](N)C(=O)N(Cc1ccc(OC)c(OC)c1)C(C)(C)C(=O)N[C@H](C)Cn1cc(COC(=O)CCn2c3c(c4cc(C)ccc42)CN(C)CC3)nn1. The van der Waals surface area contributed by atoms with E-state index >= 15 is 0 Å². The molecule has 0 fully saturated rings. The molecule has 4 aromatic rings. The Morgan fingerprint density at radius 1 is 1.07 bits per heavy atom. The van der Waals surface area contributed by atoms with Crippen LogP contribution >= 0.6 is 0 Å². The van der Waals surface area contributed by atoms with Gasteiger partial charge in [-0.05, 0) is 76.1 Å². The topological polar surface area (TPSA) is 159 Å².